The number of amides is 2. The van der Waals surface area contributed by atoms with E-state index in [2.05, 4.69) is 16.3 Å². The van der Waals surface area contributed by atoms with Crippen molar-refractivity contribution in [2.75, 3.05) is 19.9 Å². The quantitative estimate of drug-likeness (QED) is 0.381. The monoisotopic (exact) mass is 495 g/mol. The van der Waals surface area contributed by atoms with E-state index in [1.54, 1.807) is 12.2 Å². The van der Waals surface area contributed by atoms with Gasteiger partial charge in [-0.25, -0.2) is 24.2 Å². The van der Waals surface area contributed by atoms with Crippen LogP contribution in [0.1, 0.15) is 51.5 Å². The average Bonchev–Trinajstić information content (AvgIpc) is 2.79. The van der Waals surface area contributed by atoms with Crippen molar-refractivity contribution in [3.63, 3.8) is 0 Å². The molecular formula is C24H37N3O6S. The topological polar surface area (TPSA) is 123 Å². The van der Waals surface area contributed by atoms with Crippen LogP contribution in [-0.2, 0) is 29.0 Å². The Morgan fingerprint density at radius 2 is 1.94 bits per heavy atom. The van der Waals surface area contributed by atoms with Gasteiger partial charge in [-0.3, -0.25) is 15.0 Å². The summed E-state index contributed by atoms with van der Waals surface area (Å²) in [5.41, 5.74) is 8.20. The third kappa shape index (κ3) is 7.36. The number of carbonyl (C=O) groups is 2. The van der Waals surface area contributed by atoms with Crippen LogP contribution in [0.15, 0.2) is 36.4 Å². The van der Waals surface area contributed by atoms with Crippen LogP contribution in [0.3, 0.4) is 0 Å². The number of ether oxygens (including phenoxy) is 1. The van der Waals surface area contributed by atoms with E-state index in [0.717, 1.165) is 24.7 Å². The van der Waals surface area contributed by atoms with Crippen molar-refractivity contribution in [2.24, 2.45) is 11.8 Å². The number of allylic oxidation sites excluding steroid dienone is 1. The van der Waals surface area contributed by atoms with Gasteiger partial charge in [0, 0.05) is 26.3 Å². The summed E-state index contributed by atoms with van der Waals surface area (Å²) in [6.45, 7) is 4.15. The van der Waals surface area contributed by atoms with Crippen molar-refractivity contribution >= 4 is 27.7 Å². The molecular weight excluding hydrogens is 458 g/mol. The van der Waals surface area contributed by atoms with Crippen LogP contribution in [0.2, 0.25) is 0 Å². The first kappa shape index (κ1) is 28.0. The molecule has 1 fully saturated rings. The first-order chi connectivity index (χ1) is 16.1. The van der Waals surface area contributed by atoms with Gasteiger partial charge in [0.1, 0.15) is 0 Å². The number of carbonyl (C=O) groups excluding carboxylic acids is 2. The summed E-state index contributed by atoms with van der Waals surface area (Å²) in [6, 6.07) is 9.42. The fraction of sp³-hybridized carbons (Fsp3) is 0.583. The van der Waals surface area contributed by atoms with Gasteiger partial charge in [0.2, 0.25) is 5.91 Å². The second kappa shape index (κ2) is 13.0. The zero-order valence-electron chi connectivity index (χ0n) is 20.4. The van der Waals surface area contributed by atoms with Crippen molar-refractivity contribution < 1.29 is 27.6 Å². The van der Waals surface area contributed by atoms with E-state index in [-0.39, 0.29) is 18.8 Å². The Balaban J connectivity index is 2.44. The van der Waals surface area contributed by atoms with E-state index >= 15 is 0 Å². The summed E-state index contributed by atoms with van der Waals surface area (Å²) in [7, 11) is -2.59. The predicted octanol–water partition coefficient (Wildman–Crippen LogP) is 2.36. The van der Waals surface area contributed by atoms with Gasteiger partial charge in [-0.2, -0.15) is 0 Å². The summed E-state index contributed by atoms with van der Waals surface area (Å²) in [4.78, 5) is 32.2. The van der Waals surface area contributed by atoms with Crippen LogP contribution in [0, 0.1) is 11.8 Å². The van der Waals surface area contributed by atoms with E-state index in [1.807, 2.05) is 44.2 Å². The summed E-state index contributed by atoms with van der Waals surface area (Å²) >= 11 is 0. The number of hydrogen-bond donors (Lipinski definition) is 3. The molecule has 1 unspecified atom stereocenters. The molecule has 1 aromatic rings. The minimum Gasteiger partial charge on any atom is -0.350 e. The largest absolute Gasteiger partial charge is 0.350 e. The highest BCUT2D eigenvalue weighted by Gasteiger charge is 2.56. The predicted molar refractivity (Wildman–Crippen MR) is 131 cm³/mol. The number of rotatable bonds is 12. The lowest BCUT2D eigenvalue weighted by atomic mass is 9.81. The van der Waals surface area contributed by atoms with Crippen molar-refractivity contribution in [1.29, 1.82) is 0 Å². The SMILES string of the molecule is CNNC(=O)[C@@](CC(C)C)([C@@H](C/C=C/c1ccccc1)C(=O)NOC1CCCCO1)S(C)(=O)=O. The Kier molecular flexibility index (Phi) is 10.7. The smallest absolute Gasteiger partial charge is 0.256 e. The van der Waals surface area contributed by atoms with Crippen LogP contribution in [0.25, 0.3) is 6.08 Å². The van der Waals surface area contributed by atoms with Gasteiger partial charge >= 0.3 is 0 Å². The lowest BCUT2D eigenvalue weighted by Crippen LogP contribution is -2.62. The Bertz CT molecular complexity index is 929. The zero-order chi connectivity index (χ0) is 25.2. The van der Waals surface area contributed by atoms with Crippen molar-refractivity contribution in [2.45, 2.75) is 57.0 Å². The second-order valence-corrected chi connectivity index (χ2v) is 11.2. The fourth-order valence-electron chi connectivity index (χ4n) is 4.21. The standard InChI is InChI=1S/C24H37N3O6S/c1-18(2)17-24(34(4,30)31,23(29)26-25-3)20(14-10-13-19-11-6-5-7-12-19)22(28)27-33-21-15-8-9-16-32-21/h5-7,10-13,18,20-21,25H,8-9,14-17H2,1-4H3,(H,26,29)(H,27,28)/b13-10+/t20-,21?,24+/m0/s1. The summed E-state index contributed by atoms with van der Waals surface area (Å²) in [5.74, 6) is -2.91. The first-order valence-electron chi connectivity index (χ1n) is 11.6. The van der Waals surface area contributed by atoms with Crippen LogP contribution < -0.4 is 16.3 Å². The fourth-order valence-corrected chi connectivity index (χ4v) is 5.95. The molecule has 0 spiro atoms. The molecule has 2 amide bonds. The van der Waals surface area contributed by atoms with Crippen LogP contribution in [0.5, 0.6) is 0 Å². The third-order valence-corrected chi connectivity index (χ3v) is 7.75. The normalized spacial score (nSPS) is 19.5. The summed E-state index contributed by atoms with van der Waals surface area (Å²) < 4.78 is 29.9. The van der Waals surface area contributed by atoms with Crippen molar-refractivity contribution in [3.8, 4) is 0 Å². The van der Waals surface area contributed by atoms with Gasteiger partial charge in [-0.15, -0.1) is 0 Å². The Labute approximate surface area is 202 Å². The highest BCUT2D eigenvalue weighted by molar-refractivity contribution is 7.93. The number of hydroxylamine groups is 1. The molecule has 1 aliphatic heterocycles. The molecule has 10 heteroatoms. The van der Waals surface area contributed by atoms with E-state index in [0.29, 0.717) is 13.0 Å². The van der Waals surface area contributed by atoms with Crippen LogP contribution >= 0.6 is 0 Å². The van der Waals surface area contributed by atoms with Gasteiger partial charge in [-0.1, -0.05) is 56.3 Å². The molecule has 0 radical (unpaired) electrons. The molecule has 0 aliphatic carbocycles. The van der Waals surface area contributed by atoms with Crippen molar-refractivity contribution in [1.82, 2.24) is 16.3 Å². The molecule has 2 rings (SSSR count). The summed E-state index contributed by atoms with van der Waals surface area (Å²) in [5, 5.41) is 0. The van der Waals surface area contributed by atoms with Gasteiger partial charge in [-0.05, 0) is 37.2 Å². The Morgan fingerprint density at radius 1 is 1.24 bits per heavy atom. The van der Waals surface area contributed by atoms with E-state index in [9.17, 15) is 18.0 Å². The molecule has 3 atom stereocenters. The molecule has 9 nitrogen and oxygen atoms in total. The highest BCUT2D eigenvalue weighted by atomic mass is 32.2. The molecule has 1 heterocycles. The highest BCUT2D eigenvalue weighted by Crippen LogP contribution is 2.37. The minimum atomic E-state index is -4.06. The lowest BCUT2D eigenvalue weighted by Gasteiger charge is -2.38. The van der Waals surface area contributed by atoms with Gasteiger partial charge in [0.05, 0.1) is 5.92 Å². The Hall–Kier alpha value is -2.27. The van der Waals surface area contributed by atoms with E-state index in [1.165, 1.54) is 7.05 Å². The van der Waals surface area contributed by atoms with Crippen LogP contribution in [0.4, 0.5) is 0 Å². The van der Waals surface area contributed by atoms with Gasteiger partial charge < -0.3 is 4.74 Å². The molecule has 1 aromatic carbocycles. The maximum atomic E-state index is 13.4. The van der Waals surface area contributed by atoms with Gasteiger partial charge in [0.15, 0.2) is 20.9 Å². The zero-order valence-corrected chi connectivity index (χ0v) is 21.2. The maximum absolute atomic E-state index is 13.4. The maximum Gasteiger partial charge on any atom is 0.256 e. The first-order valence-corrected chi connectivity index (χ1v) is 13.5. The lowest BCUT2D eigenvalue weighted by molar-refractivity contribution is -0.202. The molecule has 0 aromatic heterocycles. The van der Waals surface area contributed by atoms with E-state index < -0.39 is 38.6 Å². The number of hydrazine groups is 1. The third-order valence-electron chi connectivity index (χ3n) is 5.79. The van der Waals surface area contributed by atoms with Crippen molar-refractivity contribution in [3.05, 3.63) is 42.0 Å². The minimum absolute atomic E-state index is 0.00648. The van der Waals surface area contributed by atoms with Gasteiger partial charge in [0.25, 0.3) is 5.91 Å². The van der Waals surface area contributed by atoms with Crippen LogP contribution in [-0.4, -0.2) is 51.2 Å². The molecule has 34 heavy (non-hydrogen) atoms. The molecule has 190 valence electrons. The number of sulfone groups is 1. The second-order valence-electron chi connectivity index (χ2n) is 8.95. The number of nitrogens with one attached hydrogen (secondary N) is 3. The number of benzene rings is 1. The average molecular weight is 496 g/mol. The van der Waals surface area contributed by atoms with E-state index in [4.69, 9.17) is 9.57 Å². The molecule has 1 saturated heterocycles. The molecule has 0 saturated carbocycles. The Morgan fingerprint density at radius 3 is 2.50 bits per heavy atom. The number of hydrogen-bond acceptors (Lipinski definition) is 7. The summed E-state index contributed by atoms with van der Waals surface area (Å²) in [6.07, 6.45) is 6.28. The molecule has 0 bridgehead atoms. The molecule has 1 aliphatic rings. The molecule has 3 N–H and O–H groups in total.